The molecule has 2 aromatic carbocycles. The van der Waals surface area contributed by atoms with Crippen molar-refractivity contribution in [3.05, 3.63) is 64.9 Å². The van der Waals surface area contributed by atoms with Gasteiger partial charge in [-0.15, -0.1) is 0 Å². The van der Waals surface area contributed by atoms with Gasteiger partial charge in [-0.05, 0) is 31.2 Å². The molecule has 0 spiro atoms. The first-order valence-corrected chi connectivity index (χ1v) is 9.66. The van der Waals surface area contributed by atoms with Crippen LogP contribution in [0.25, 0.3) is 0 Å². The average Bonchev–Trinajstić information content (AvgIpc) is 2.69. The van der Waals surface area contributed by atoms with Gasteiger partial charge in [0, 0.05) is 30.2 Å². The summed E-state index contributed by atoms with van der Waals surface area (Å²) in [5.41, 5.74) is 0.391. The lowest BCUT2D eigenvalue weighted by atomic mass is 10.0. The van der Waals surface area contributed by atoms with Gasteiger partial charge in [0.1, 0.15) is 11.6 Å². The highest BCUT2D eigenvalue weighted by Gasteiger charge is 2.29. The van der Waals surface area contributed by atoms with Crippen LogP contribution in [0.5, 0.6) is 5.75 Å². The third-order valence-electron chi connectivity index (χ3n) is 4.65. The molecule has 3 rings (SSSR count). The highest BCUT2D eigenvalue weighted by Crippen LogP contribution is 2.31. The number of morpholine rings is 1. The predicted molar refractivity (Wildman–Crippen MR) is 106 cm³/mol. The Hall–Kier alpha value is -2.15. The molecule has 0 unspecified atom stereocenters. The van der Waals surface area contributed by atoms with Crippen LogP contribution in [0.2, 0.25) is 5.02 Å². The van der Waals surface area contributed by atoms with Gasteiger partial charge in [0.05, 0.1) is 18.8 Å². The maximum Gasteiger partial charge on any atom is 0.258 e. The van der Waals surface area contributed by atoms with Crippen LogP contribution < -0.4 is 10.1 Å². The van der Waals surface area contributed by atoms with Crippen LogP contribution >= 0.6 is 11.6 Å². The lowest BCUT2D eigenvalue weighted by molar-refractivity contribution is -0.123. The van der Waals surface area contributed by atoms with Crippen molar-refractivity contribution >= 4 is 17.5 Å². The third kappa shape index (κ3) is 5.44. The number of carbonyl (C=O) groups is 1. The lowest BCUT2D eigenvalue weighted by Crippen LogP contribution is -2.47. The first-order valence-electron chi connectivity index (χ1n) is 9.28. The van der Waals surface area contributed by atoms with E-state index in [9.17, 15) is 9.18 Å². The highest BCUT2D eigenvalue weighted by atomic mass is 35.5. The minimum Gasteiger partial charge on any atom is -0.484 e. The Bertz CT molecular complexity index is 770. The van der Waals surface area contributed by atoms with Crippen molar-refractivity contribution in [2.45, 2.75) is 19.1 Å². The summed E-state index contributed by atoms with van der Waals surface area (Å²) in [5.74, 6) is -0.0394. The van der Waals surface area contributed by atoms with E-state index < -0.39 is 0 Å². The Labute approximate surface area is 169 Å². The van der Waals surface area contributed by atoms with E-state index in [0.29, 0.717) is 36.0 Å². The molecule has 0 radical (unpaired) electrons. The molecular weight excluding hydrogens is 383 g/mol. The minimum atomic E-state index is -0.388. The molecule has 1 amide bonds. The van der Waals surface area contributed by atoms with E-state index in [1.54, 1.807) is 24.3 Å². The highest BCUT2D eigenvalue weighted by molar-refractivity contribution is 6.31. The standard InChI is InChI=1S/C21H24ClFN2O3/c1-15-13-25(10-11-27-15)19(21-17(22)8-5-9-18(21)23)12-24-20(26)14-28-16-6-3-2-4-7-16/h2-9,15,19H,10-14H2,1H3,(H,24,26)/t15-,19+/m1/s1. The summed E-state index contributed by atoms with van der Waals surface area (Å²) in [6, 6.07) is 13.3. The van der Waals surface area contributed by atoms with Crippen molar-refractivity contribution in [3.63, 3.8) is 0 Å². The second-order valence-electron chi connectivity index (χ2n) is 6.73. The number of hydrogen-bond donors (Lipinski definition) is 1. The van der Waals surface area contributed by atoms with Crippen LogP contribution in [-0.4, -0.2) is 49.8 Å². The number of carbonyl (C=O) groups excluding carboxylic acids is 1. The number of benzene rings is 2. The molecule has 5 nitrogen and oxygen atoms in total. The molecule has 2 atom stereocenters. The van der Waals surface area contributed by atoms with Crippen LogP contribution in [0, 0.1) is 5.82 Å². The van der Waals surface area contributed by atoms with Gasteiger partial charge in [0.25, 0.3) is 5.91 Å². The summed E-state index contributed by atoms with van der Waals surface area (Å²) in [6.45, 7) is 3.90. The number of rotatable bonds is 7. The van der Waals surface area contributed by atoms with Crippen molar-refractivity contribution < 1.29 is 18.7 Å². The van der Waals surface area contributed by atoms with Crippen molar-refractivity contribution in [1.82, 2.24) is 10.2 Å². The molecule has 7 heteroatoms. The fourth-order valence-electron chi connectivity index (χ4n) is 3.30. The topological polar surface area (TPSA) is 50.8 Å². The number of hydrogen-bond acceptors (Lipinski definition) is 4. The second-order valence-corrected chi connectivity index (χ2v) is 7.14. The largest absolute Gasteiger partial charge is 0.484 e. The zero-order valence-corrected chi connectivity index (χ0v) is 16.5. The van der Waals surface area contributed by atoms with Gasteiger partial charge in [-0.2, -0.15) is 0 Å². The molecule has 0 bridgehead atoms. The molecule has 1 fully saturated rings. The van der Waals surface area contributed by atoms with Crippen molar-refractivity contribution in [3.8, 4) is 5.75 Å². The number of nitrogens with zero attached hydrogens (tertiary/aromatic N) is 1. The fraction of sp³-hybridized carbons (Fsp3) is 0.381. The summed E-state index contributed by atoms with van der Waals surface area (Å²) in [4.78, 5) is 14.4. The van der Waals surface area contributed by atoms with Gasteiger partial charge < -0.3 is 14.8 Å². The summed E-state index contributed by atoms with van der Waals surface area (Å²) >= 11 is 6.30. The summed E-state index contributed by atoms with van der Waals surface area (Å²) < 4.78 is 25.6. The van der Waals surface area contributed by atoms with Crippen LogP contribution in [0.3, 0.4) is 0 Å². The van der Waals surface area contributed by atoms with Gasteiger partial charge in [-0.25, -0.2) is 4.39 Å². The van der Waals surface area contributed by atoms with Crippen LogP contribution in [0.4, 0.5) is 4.39 Å². The van der Waals surface area contributed by atoms with Gasteiger partial charge >= 0.3 is 0 Å². The van der Waals surface area contributed by atoms with E-state index in [1.165, 1.54) is 6.07 Å². The van der Waals surface area contributed by atoms with Crippen LogP contribution in [-0.2, 0) is 9.53 Å². The van der Waals surface area contributed by atoms with E-state index in [0.717, 1.165) is 0 Å². The Morgan fingerprint density at radius 2 is 2.11 bits per heavy atom. The van der Waals surface area contributed by atoms with E-state index in [4.69, 9.17) is 21.1 Å². The molecule has 0 saturated carbocycles. The summed E-state index contributed by atoms with van der Waals surface area (Å²) in [7, 11) is 0. The van der Waals surface area contributed by atoms with Gasteiger partial charge in [-0.3, -0.25) is 9.69 Å². The van der Waals surface area contributed by atoms with Crippen molar-refractivity contribution in [1.29, 1.82) is 0 Å². The zero-order chi connectivity index (χ0) is 19.9. The Morgan fingerprint density at radius 3 is 2.82 bits per heavy atom. The number of nitrogens with one attached hydrogen (secondary N) is 1. The minimum absolute atomic E-state index is 0.0268. The number of amides is 1. The van der Waals surface area contributed by atoms with E-state index in [1.807, 2.05) is 25.1 Å². The molecule has 0 aromatic heterocycles. The zero-order valence-electron chi connectivity index (χ0n) is 15.7. The number of para-hydroxylation sites is 1. The van der Waals surface area contributed by atoms with E-state index in [-0.39, 0.29) is 37.0 Å². The second kappa shape index (κ2) is 9.87. The molecule has 28 heavy (non-hydrogen) atoms. The molecule has 2 aromatic rings. The first-order chi connectivity index (χ1) is 13.5. The maximum atomic E-state index is 14.6. The Morgan fingerprint density at radius 1 is 1.32 bits per heavy atom. The lowest BCUT2D eigenvalue weighted by Gasteiger charge is -2.38. The average molecular weight is 407 g/mol. The van der Waals surface area contributed by atoms with Crippen LogP contribution in [0.1, 0.15) is 18.5 Å². The van der Waals surface area contributed by atoms with E-state index in [2.05, 4.69) is 10.2 Å². The molecular formula is C21H24ClFN2O3. The van der Waals surface area contributed by atoms with Gasteiger partial charge in [-0.1, -0.05) is 35.9 Å². The molecule has 1 aliphatic heterocycles. The fourth-order valence-corrected chi connectivity index (χ4v) is 3.59. The molecule has 1 saturated heterocycles. The third-order valence-corrected chi connectivity index (χ3v) is 4.98. The monoisotopic (exact) mass is 406 g/mol. The van der Waals surface area contributed by atoms with Crippen molar-refractivity contribution in [2.24, 2.45) is 0 Å². The maximum absolute atomic E-state index is 14.6. The van der Waals surface area contributed by atoms with Crippen molar-refractivity contribution in [2.75, 3.05) is 32.8 Å². The van der Waals surface area contributed by atoms with Gasteiger partial charge in [0.2, 0.25) is 0 Å². The molecule has 1 aliphatic rings. The smallest absolute Gasteiger partial charge is 0.258 e. The van der Waals surface area contributed by atoms with Gasteiger partial charge in [0.15, 0.2) is 6.61 Å². The Balaban J connectivity index is 1.68. The van der Waals surface area contributed by atoms with E-state index >= 15 is 0 Å². The summed E-state index contributed by atoms with van der Waals surface area (Å²) in [6.07, 6.45) is 0.0268. The molecule has 1 N–H and O–H groups in total. The van der Waals surface area contributed by atoms with Crippen LogP contribution in [0.15, 0.2) is 48.5 Å². The molecule has 0 aliphatic carbocycles. The molecule has 1 heterocycles. The Kier molecular flexibility index (Phi) is 7.25. The quantitative estimate of drug-likeness (QED) is 0.765. The normalized spacial score (nSPS) is 18.5. The summed E-state index contributed by atoms with van der Waals surface area (Å²) in [5, 5.41) is 3.19. The number of halogens is 2. The first kappa shape index (κ1) is 20.6. The molecule has 150 valence electrons. The number of ether oxygens (including phenoxy) is 2. The predicted octanol–water partition coefficient (Wildman–Crippen LogP) is 3.44. The SMILES string of the molecule is C[C@@H]1CN([C@@H](CNC(=O)COc2ccccc2)c2c(F)cccc2Cl)CCO1.